The summed E-state index contributed by atoms with van der Waals surface area (Å²) in [6.45, 7) is 0.142. The molecule has 33 heavy (non-hydrogen) atoms. The summed E-state index contributed by atoms with van der Waals surface area (Å²) in [7, 11) is -5.77. The zero-order valence-corrected chi connectivity index (χ0v) is 17.6. The Kier molecular flexibility index (Phi) is 5.97. The average Bonchev–Trinajstić information content (AvgIpc) is 2.76. The maximum absolute atomic E-state index is 13.8. The maximum Gasteiger partial charge on any atom is 0.516 e. The number of ether oxygens (including phenoxy) is 1. The van der Waals surface area contributed by atoms with E-state index >= 15 is 0 Å². The monoisotopic (exact) mass is 483 g/mol. The van der Waals surface area contributed by atoms with Crippen LogP contribution in [-0.2, 0) is 16.4 Å². The van der Waals surface area contributed by atoms with Crippen molar-refractivity contribution < 1.29 is 35.8 Å². The van der Waals surface area contributed by atoms with Crippen LogP contribution in [0.2, 0.25) is 0 Å². The molecule has 0 spiro atoms. The van der Waals surface area contributed by atoms with Gasteiger partial charge in [0.2, 0.25) is 0 Å². The summed E-state index contributed by atoms with van der Waals surface area (Å²) in [5, 5.41) is 10.8. The molecule has 0 amide bonds. The minimum Gasteiger partial charge on any atom is -0.493 e. The first-order valence-corrected chi connectivity index (χ1v) is 11.1. The van der Waals surface area contributed by atoms with E-state index < -0.39 is 33.3 Å². The maximum atomic E-state index is 13.8. The third-order valence-corrected chi connectivity index (χ3v) is 6.20. The van der Waals surface area contributed by atoms with Gasteiger partial charge in [-0.2, -0.15) is 21.6 Å². The molecule has 12 heteroatoms. The predicted octanol–water partition coefficient (Wildman–Crippen LogP) is 3.83. The standard InChI is InChI=1S/C21H17F4N3O4S/c22-14-9-17(20(27-10-14)28-33(30,31)21(23,24)25)12-4-5-16-18(8-12)32-11-13(19(16)29)7-15-3-1-2-6-26-15/h1-6,8-10,13,19,29H,7,11H2,(H,27,28). The highest BCUT2D eigenvalue weighted by atomic mass is 32.2. The van der Waals surface area contributed by atoms with Crippen molar-refractivity contribution in [3.8, 4) is 16.9 Å². The van der Waals surface area contributed by atoms with Crippen LogP contribution in [0.25, 0.3) is 11.1 Å². The minimum absolute atomic E-state index is 0.142. The van der Waals surface area contributed by atoms with E-state index in [0.717, 1.165) is 11.8 Å². The molecule has 0 aliphatic carbocycles. The largest absolute Gasteiger partial charge is 0.516 e. The summed E-state index contributed by atoms with van der Waals surface area (Å²) in [5.41, 5.74) is -4.44. The van der Waals surface area contributed by atoms with E-state index in [-0.39, 0.29) is 29.4 Å². The number of nitrogens with zero attached hydrogens (tertiary/aromatic N) is 2. The molecule has 0 radical (unpaired) electrons. The molecule has 174 valence electrons. The SMILES string of the molecule is O=S(=O)(Nc1ncc(F)cc1-c1ccc2c(c1)OCC(Cc1ccccn1)C2O)C(F)(F)F. The number of benzene rings is 1. The van der Waals surface area contributed by atoms with E-state index in [1.165, 1.54) is 22.9 Å². The number of hydrogen-bond acceptors (Lipinski definition) is 6. The Morgan fingerprint density at radius 3 is 2.64 bits per heavy atom. The molecule has 2 aromatic heterocycles. The average molecular weight is 483 g/mol. The highest BCUT2D eigenvalue weighted by molar-refractivity contribution is 7.93. The van der Waals surface area contributed by atoms with Crippen LogP contribution < -0.4 is 9.46 Å². The molecule has 0 bridgehead atoms. The Morgan fingerprint density at radius 2 is 1.94 bits per heavy atom. The Balaban J connectivity index is 1.65. The molecule has 3 heterocycles. The van der Waals surface area contributed by atoms with Crippen LogP contribution in [0.5, 0.6) is 5.75 Å². The van der Waals surface area contributed by atoms with Crippen molar-refractivity contribution in [2.45, 2.75) is 18.0 Å². The predicted molar refractivity (Wildman–Crippen MR) is 110 cm³/mol. The molecule has 3 aromatic rings. The molecule has 2 atom stereocenters. The van der Waals surface area contributed by atoms with Crippen molar-refractivity contribution in [3.63, 3.8) is 0 Å². The van der Waals surface area contributed by atoms with Crippen molar-refractivity contribution in [1.29, 1.82) is 0 Å². The lowest BCUT2D eigenvalue weighted by Crippen LogP contribution is -2.30. The van der Waals surface area contributed by atoms with E-state index in [4.69, 9.17) is 4.74 Å². The van der Waals surface area contributed by atoms with Crippen molar-refractivity contribution in [1.82, 2.24) is 9.97 Å². The van der Waals surface area contributed by atoms with E-state index in [1.54, 1.807) is 12.3 Å². The van der Waals surface area contributed by atoms with E-state index in [0.29, 0.717) is 18.2 Å². The molecule has 1 aliphatic heterocycles. The number of hydrogen-bond donors (Lipinski definition) is 2. The fourth-order valence-electron chi connectivity index (χ4n) is 3.50. The molecule has 0 fully saturated rings. The first-order chi connectivity index (χ1) is 15.5. The first-order valence-electron chi connectivity index (χ1n) is 9.65. The molecule has 1 aliphatic rings. The van der Waals surface area contributed by atoms with Gasteiger partial charge in [-0.1, -0.05) is 18.2 Å². The normalized spacial score (nSPS) is 18.3. The Hall–Kier alpha value is -3.25. The summed E-state index contributed by atoms with van der Waals surface area (Å²) in [6, 6.07) is 10.6. The summed E-state index contributed by atoms with van der Waals surface area (Å²) in [4.78, 5) is 7.71. The van der Waals surface area contributed by atoms with Gasteiger partial charge in [0.25, 0.3) is 0 Å². The minimum atomic E-state index is -5.77. The van der Waals surface area contributed by atoms with Crippen LogP contribution in [0.1, 0.15) is 17.4 Å². The molecule has 0 saturated carbocycles. The zero-order chi connectivity index (χ0) is 23.8. The number of halogens is 4. The Bertz CT molecular complexity index is 1270. The zero-order valence-electron chi connectivity index (χ0n) is 16.8. The third kappa shape index (κ3) is 4.76. The van der Waals surface area contributed by atoms with E-state index in [2.05, 4.69) is 9.97 Å². The second-order valence-corrected chi connectivity index (χ2v) is 9.07. The molecule has 4 rings (SSSR count). The van der Waals surface area contributed by atoms with Crippen molar-refractivity contribution in [2.24, 2.45) is 5.92 Å². The van der Waals surface area contributed by atoms with Crippen LogP contribution in [0.3, 0.4) is 0 Å². The van der Waals surface area contributed by atoms with Gasteiger partial charge in [0.1, 0.15) is 17.4 Å². The number of sulfonamides is 1. The fourth-order valence-corrected chi connectivity index (χ4v) is 4.03. The lowest BCUT2D eigenvalue weighted by molar-refractivity contribution is -0.0429. The quantitative estimate of drug-likeness (QED) is 0.535. The van der Waals surface area contributed by atoms with Gasteiger partial charge in [0.15, 0.2) is 0 Å². The van der Waals surface area contributed by atoms with Gasteiger partial charge in [-0.3, -0.25) is 9.71 Å². The molecule has 0 saturated heterocycles. The fraction of sp³-hybridized carbons (Fsp3) is 0.238. The Labute approximate surface area is 186 Å². The number of nitrogens with one attached hydrogen (secondary N) is 1. The molecular weight excluding hydrogens is 466 g/mol. The summed E-state index contributed by atoms with van der Waals surface area (Å²) in [5.74, 6) is -1.62. The number of anilines is 1. The van der Waals surface area contributed by atoms with Crippen LogP contribution in [0.4, 0.5) is 23.4 Å². The number of rotatable bonds is 5. The lowest BCUT2D eigenvalue weighted by atomic mass is 9.88. The van der Waals surface area contributed by atoms with Crippen molar-refractivity contribution in [2.75, 3.05) is 11.3 Å². The smallest absolute Gasteiger partial charge is 0.493 e. The van der Waals surface area contributed by atoms with Gasteiger partial charge >= 0.3 is 15.5 Å². The third-order valence-electron chi connectivity index (χ3n) is 5.13. The first kappa shape index (κ1) is 22.9. The number of alkyl halides is 3. The van der Waals surface area contributed by atoms with Crippen LogP contribution in [-0.4, -0.2) is 35.6 Å². The number of aromatic nitrogens is 2. The number of aliphatic hydroxyl groups is 1. The molecular formula is C21H17F4N3O4S. The lowest BCUT2D eigenvalue weighted by Gasteiger charge is -2.30. The highest BCUT2D eigenvalue weighted by Crippen LogP contribution is 2.40. The van der Waals surface area contributed by atoms with Crippen LogP contribution >= 0.6 is 0 Å². The van der Waals surface area contributed by atoms with Gasteiger partial charge in [-0.25, -0.2) is 9.37 Å². The van der Waals surface area contributed by atoms with E-state index in [9.17, 15) is 31.1 Å². The van der Waals surface area contributed by atoms with Gasteiger partial charge in [0.05, 0.1) is 18.9 Å². The topological polar surface area (TPSA) is 101 Å². The van der Waals surface area contributed by atoms with Crippen molar-refractivity contribution >= 4 is 15.8 Å². The second-order valence-electron chi connectivity index (χ2n) is 7.39. The highest BCUT2D eigenvalue weighted by Gasteiger charge is 2.46. The molecule has 2 unspecified atom stereocenters. The number of aliphatic hydroxyl groups excluding tert-OH is 1. The second kappa shape index (κ2) is 8.60. The van der Waals surface area contributed by atoms with Crippen LogP contribution in [0.15, 0.2) is 54.9 Å². The summed E-state index contributed by atoms with van der Waals surface area (Å²) < 4.78 is 82.3. The molecule has 1 aromatic carbocycles. The van der Waals surface area contributed by atoms with Gasteiger partial charge in [-0.05, 0) is 36.2 Å². The van der Waals surface area contributed by atoms with Crippen molar-refractivity contribution in [3.05, 3.63) is 71.9 Å². The molecule has 7 nitrogen and oxygen atoms in total. The van der Waals surface area contributed by atoms with Crippen LogP contribution in [0, 0.1) is 11.7 Å². The summed E-state index contributed by atoms with van der Waals surface area (Å²) >= 11 is 0. The van der Waals surface area contributed by atoms with Gasteiger partial charge in [0, 0.05) is 28.9 Å². The molecule has 2 N–H and O–H groups in total. The van der Waals surface area contributed by atoms with E-state index in [1.807, 2.05) is 12.1 Å². The number of pyridine rings is 2. The van der Waals surface area contributed by atoms with Gasteiger partial charge < -0.3 is 9.84 Å². The Morgan fingerprint density at radius 1 is 1.15 bits per heavy atom. The number of fused-ring (bicyclic) bond motifs is 1. The van der Waals surface area contributed by atoms with Gasteiger partial charge in [-0.15, -0.1) is 0 Å². The summed E-state index contributed by atoms with van der Waals surface area (Å²) in [6.07, 6.45) is 1.79.